The Kier molecular flexibility index (Phi) is 5.27. The maximum atomic E-state index is 13.3. The maximum absolute atomic E-state index is 13.3. The summed E-state index contributed by atoms with van der Waals surface area (Å²) in [6.07, 6.45) is 2.21. The topological polar surface area (TPSA) is 75.4 Å². The lowest BCUT2D eigenvalue weighted by Gasteiger charge is -2.17. The number of carbonyl (C=O) groups excluding carboxylic acids is 1. The summed E-state index contributed by atoms with van der Waals surface area (Å²) in [6, 6.07) is 7.55. The molecular weight excluding hydrogens is 369 g/mol. The normalized spacial score (nSPS) is 12.2. The molecule has 0 saturated carbocycles. The van der Waals surface area contributed by atoms with Crippen molar-refractivity contribution < 1.29 is 17.8 Å². The Morgan fingerprint density at radius 2 is 2.00 bits per heavy atom. The van der Waals surface area contributed by atoms with E-state index in [1.807, 2.05) is 13.0 Å². The fourth-order valence-electron chi connectivity index (χ4n) is 2.87. The van der Waals surface area contributed by atoms with E-state index in [0.29, 0.717) is 34.5 Å². The lowest BCUT2D eigenvalue weighted by atomic mass is 10.0. The minimum absolute atomic E-state index is 0.262. The monoisotopic (exact) mass is 389 g/mol. The zero-order chi connectivity index (χ0) is 19.7. The molecular formula is C19H20FN3O3S. The van der Waals surface area contributed by atoms with Gasteiger partial charge in [-0.15, -0.1) is 0 Å². The summed E-state index contributed by atoms with van der Waals surface area (Å²) in [5.74, 6) is 0.152. The van der Waals surface area contributed by atoms with Gasteiger partial charge < -0.3 is 9.73 Å². The van der Waals surface area contributed by atoms with Crippen molar-refractivity contribution in [3.05, 3.63) is 47.3 Å². The lowest BCUT2D eigenvalue weighted by molar-refractivity contribution is 0.0964. The first kappa shape index (κ1) is 19.0. The maximum Gasteiger partial charge on any atom is 0.255 e. The van der Waals surface area contributed by atoms with Crippen LogP contribution in [0.1, 0.15) is 22.8 Å². The van der Waals surface area contributed by atoms with E-state index < -0.39 is 11.0 Å². The Labute approximate surface area is 159 Å². The molecule has 0 saturated heterocycles. The number of benzene rings is 1. The molecule has 1 unspecified atom stereocenters. The number of nitrogens with zero attached hydrogens (tertiary/aromatic N) is 2. The van der Waals surface area contributed by atoms with Crippen molar-refractivity contribution in [2.75, 3.05) is 24.7 Å². The zero-order valence-electron chi connectivity index (χ0n) is 15.5. The number of amides is 1. The largest absolute Gasteiger partial charge is 0.437 e. The van der Waals surface area contributed by atoms with E-state index in [4.69, 9.17) is 4.42 Å². The van der Waals surface area contributed by atoms with Crippen LogP contribution in [0.3, 0.4) is 0 Å². The van der Waals surface area contributed by atoms with Crippen LogP contribution in [0.5, 0.6) is 0 Å². The Hall–Kier alpha value is -2.74. The summed E-state index contributed by atoms with van der Waals surface area (Å²) < 4.78 is 32.6. The highest BCUT2D eigenvalue weighted by atomic mass is 32.2. The molecule has 0 fully saturated rings. The van der Waals surface area contributed by atoms with E-state index in [9.17, 15) is 13.4 Å². The molecule has 2 aromatic heterocycles. The van der Waals surface area contributed by atoms with E-state index in [0.717, 1.165) is 5.56 Å². The number of hydrogen-bond acceptors (Lipinski definition) is 4. The number of aromatic nitrogens is 1. The van der Waals surface area contributed by atoms with Gasteiger partial charge in [0.2, 0.25) is 5.71 Å². The Balaban J connectivity index is 2.31. The van der Waals surface area contributed by atoms with Gasteiger partial charge in [-0.1, -0.05) is 6.92 Å². The highest BCUT2D eigenvalue weighted by Crippen LogP contribution is 2.35. The molecule has 6 nitrogen and oxygen atoms in total. The molecule has 0 aliphatic heterocycles. The predicted octanol–water partition coefficient (Wildman–Crippen LogP) is 3.29. The van der Waals surface area contributed by atoms with Crippen molar-refractivity contribution >= 4 is 33.8 Å². The first-order chi connectivity index (χ1) is 12.9. The van der Waals surface area contributed by atoms with Crippen LogP contribution in [0.15, 0.2) is 34.7 Å². The van der Waals surface area contributed by atoms with Crippen LogP contribution in [0.25, 0.3) is 22.4 Å². The molecule has 1 N–H and O–H groups in total. The molecule has 2 heterocycles. The molecule has 1 amide bonds. The zero-order valence-corrected chi connectivity index (χ0v) is 16.3. The second-order valence-electron chi connectivity index (χ2n) is 5.99. The molecule has 27 heavy (non-hydrogen) atoms. The van der Waals surface area contributed by atoms with Gasteiger partial charge in [0, 0.05) is 25.9 Å². The summed E-state index contributed by atoms with van der Waals surface area (Å²) in [4.78, 5) is 17.1. The quantitative estimate of drug-likeness (QED) is 0.727. The SMILES string of the molecule is CCc1cc2c(C(=O)NC)c(-c3ccc(F)cc3)oc2nc1N(C)S(C)=O. The first-order valence-corrected chi connectivity index (χ1v) is 9.90. The highest BCUT2D eigenvalue weighted by molar-refractivity contribution is 7.85. The standard InChI is InChI=1S/C19H20FN3O3S/c1-5-11-10-14-15(18(24)21-2)16(12-6-8-13(20)9-7-12)26-19(14)22-17(11)23(3)27(4)25/h6-10H,5H2,1-4H3,(H,21,24). The van der Waals surface area contributed by atoms with Gasteiger partial charge in [0.05, 0.1) is 10.9 Å². The minimum atomic E-state index is -1.26. The Morgan fingerprint density at radius 3 is 2.56 bits per heavy atom. The fraction of sp³-hybridized carbons (Fsp3) is 0.263. The number of furan rings is 1. The average molecular weight is 389 g/mol. The molecule has 0 aliphatic rings. The molecule has 1 atom stereocenters. The van der Waals surface area contributed by atoms with Crippen molar-refractivity contribution in [3.63, 3.8) is 0 Å². The van der Waals surface area contributed by atoms with Crippen molar-refractivity contribution in [1.82, 2.24) is 10.3 Å². The number of halogens is 1. The number of pyridine rings is 1. The summed E-state index contributed by atoms with van der Waals surface area (Å²) >= 11 is 0. The van der Waals surface area contributed by atoms with Gasteiger partial charge in [-0.2, -0.15) is 4.98 Å². The van der Waals surface area contributed by atoms with Crippen LogP contribution in [0.2, 0.25) is 0 Å². The Bertz CT molecular complexity index is 1030. The van der Waals surface area contributed by atoms with Gasteiger partial charge in [-0.3, -0.25) is 9.10 Å². The van der Waals surface area contributed by atoms with E-state index in [2.05, 4.69) is 10.3 Å². The van der Waals surface area contributed by atoms with Gasteiger partial charge in [-0.05, 0) is 42.3 Å². The summed E-state index contributed by atoms with van der Waals surface area (Å²) in [5, 5.41) is 3.17. The molecule has 0 bridgehead atoms. The van der Waals surface area contributed by atoms with Gasteiger partial charge >= 0.3 is 0 Å². The second kappa shape index (κ2) is 7.48. The molecule has 3 rings (SSSR count). The lowest BCUT2D eigenvalue weighted by Crippen LogP contribution is -2.21. The summed E-state index contributed by atoms with van der Waals surface area (Å²) in [6.45, 7) is 1.96. The number of hydrogen-bond donors (Lipinski definition) is 1. The molecule has 1 aromatic carbocycles. The van der Waals surface area contributed by atoms with E-state index in [-0.39, 0.29) is 17.4 Å². The van der Waals surface area contributed by atoms with Crippen LogP contribution in [-0.2, 0) is 17.4 Å². The molecule has 0 radical (unpaired) electrons. The smallest absolute Gasteiger partial charge is 0.255 e. The summed E-state index contributed by atoms with van der Waals surface area (Å²) in [5.41, 5.74) is 2.02. The number of fused-ring (bicyclic) bond motifs is 1. The van der Waals surface area contributed by atoms with E-state index in [1.165, 1.54) is 19.2 Å². The van der Waals surface area contributed by atoms with Gasteiger partial charge in [0.15, 0.2) is 0 Å². The third-order valence-corrected chi connectivity index (χ3v) is 5.31. The average Bonchev–Trinajstić information content (AvgIpc) is 3.04. The third-order valence-electron chi connectivity index (χ3n) is 4.36. The van der Waals surface area contributed by atoms with Gasteiger partial charge in [0.25, 0.3) is 5.91 Å². The first-order valence-electron chi connectivity index (χ1n) is 8.39. The van der Waals surface area contributed by atoms with Crippen LogP contribution in [0.4, 0.5) is 10.2 Å². The number of carbonyl (C=O) groups is 1. The number of rotatable bonds is 5. The number of anilines is 1. The van der Waals surface area contributed by atoms with E-state index in [1.54, 1.807) is 29.7 Å². The van der Waals surface area contributed by atoms with Gasteiger partial charge in [-0.25, -0.2) is 8.60 Å². The molecule has 0 aliphatic carbocycles. The molecule has 0 spiro atoms. The predicted molar refractivity (Wildman–Crippen MR) is 105 cm³/mol. The van der Waals surface area contributed by atoms with Crippen LogP contribution >= 0.6 is 0 Å². The van der Waals surface area contributed by atoms with Crippen molar-refractivity contribution in [2.45, 2.75) is 13.3 Å². The second-order valence-corrected chi connectivity index (χ2v) is 7.39. The van der Waals surface area contributed by atoms with Crippen molar-refractivity contribution in [3.8, 4) is 11.3 Å². The summed E-state index contributed by atoms with van der Waals surface area (Å²) in [7, 11) is 1.97. The molecule has 142 valence electrons. The fourth-order valence-corrected chi connectivity index (χ4v) is 3.27. The van der Waals surface area contributed by atoms with Gasteiger partial charge in [0.1, 0.15) is 28.4 Å². The van der Waals surface area contributed by atoms with Crippen LogP contribution < -0.4 is 9.62 Å². The van der Waals surface area contributed by atoms with Crippen molar-refractivity contribution in [2.24, 2.45) is 0 Å². The number of aryl methyl sites for hydroxylation is 1. The number of nitrogens with one attached hydrogen (secondary N) is 1. The van der Waals surface area contributed by atoms with Crippen LogP contribution in [-0.4, -0.2) is 35.5 Å². The highest BCUT2D eigenvalue weighted by Gasteiger charge is 2.24. The molecule has 8 heteroatoms. The molecule has 3 aromatic rings. The third kappa shape index (κ3) is 3.44. The van der Waals surface area contributed by atoms with Crippen molar-refractivity contribution in [1.29, 1.82) is 0 Å². The van der Waals surface area contributed by atoms with Crippen LogP contribution in [0, 0.1) is 5.82 Å². The van der Waals surface area contributed by atoms with E-state index >= 15 is 0 Å². The Morgan fingerprint density at radius 1 is 1.33 bits per heavy atom. The minimum Gasteiger partial charge on any atom is -0.437 e.